The number of hydrogen-bond donors (Lipinski definition) is 1. The molecule has 1 heterocycles. The zero-order valence-corrected chi connectivity index (χ0v) is 16.0. The van der Waals surface area contributed by atoms with Gasteiger partial charge in [0.25, 0.3) is 0 Å². The molecule has 1 N–H and O–H groups in total. The molecule has 4 rings (SSSR count). The van der Waals surface area contributed by atoms with Crippen molar-refractivity contribution in [3.63, 3.8) is 0 Å². The lowest BCUT2D eigenvalue weighted by atomic mass is 9.95. The van der Waals surface area contributed by atoms with E-state index in [-0.39, 0.29) is 23.4 Å². The van der Waals surface area contributed by atoms with E-state index in [4.69, 9.17) is 0 Å². The van der Waals surface area contributed by atoms with Gasteiger partial charge in [0.05, 0.1) is 4.90 Å². The first-order valence-electron chi connectivity index (χ1n) is 9.54. The molecule has 0 aromatic heterocycles. The van der Waals surface area contributed by atoms with Crippen molar-refractivity contribution in [2.45, 2.75) is 49.1 Å². The Morgan fingerprint density at radius 1 is 1.00 bits per heavy atom. The van der Waals surface area contributed by atoms with Crippen LogP contribution in [0.4, 0.5) is 0 Å². The van der Waals surface area contributed by atoms with Crippen molar-refractivity contribution in [2.24, 2.45) is 0 Å². The average Bonchev–Trinajstić information content (AvgIpc) is 3.19. The molecular weight excluding hydrogens is 360 g/mol. The number of rotatable bonds is 4. The third kappa shape index (κ3) is 3.51. The van der Waals surface area contributed by atoms with Gasteiger partial charge in [0.15, 0.2) is 0 Å². The van der Waals surface area contributed by atoms with E-state index < -0.39 is 16.1 Å². The van der Waals surface area contributed by atoms with Crippen LogP contribution in [0.15, 0.2) is 59.5 Å². The van der Waals surface area contributed by atoms with Gasteiger partial charge in [-0.05, 0) is 24.3 Å². The average molecular weight is 385 g/mol. The Kier molecular flexibility index (Phi) is 5.02. The van der Waals surface area contributed by atoms with Crippen LogP contribution in [0.1, 0.15) is 32.1 Å². The van der Waals surface area contributed by atoms with E-state index in [1.807, 2.05) is 30.3 Å². The van der Waals surface area contributed by atoms with Gasteiger partial charge in [-0.3, -0.25) is 4.79 Å². The van der Waals surface area contributed by atoms with Crippen molar-refractivity contribution in [1.82, 2.24) is 9.62 Å². The van der Waals surface area contributed by atoms with Crippen molar-refractivity contribution >= 4 is 26.7 Å². The van der Waals surface area contributed by atoms with E-state index in [0.717, 1.165) is 31.1 Å². The molecule has 5 nitrogen and oxygen atoms in total. The highest BCUT2D eigenvalue weighted by atomic mass is 32.2. The molecule has 0 unspecified atom stereocenters. The van der Waals surface area contributed by atoms with Crippen LogP contribution in [0.5, 0.6) is 0 Å². The highest BCUT2D eigenvalue weighted by Crippen LogP contribution is 2.29. The van der Waals surface area contributed by atoms with Crippen LogP contribution in [0, 0.1) is 0 Å². The predicted octanol–water partition coefficient (Wildman–Crippen LogP) is 3.22. The third-order valence-corrected chi connectivity index (χ3v) is 7.38. The maximum atomic E-state index is 13.4. The van der Waals surface area contributed by atoms with Crippen LogP contribution in [0.3, 0.4) is 0 Å². The fourth-order valence-corrected chi connectivity index (χ4v) is 5.76. The first-order valence-corrected chi connectivity index (χ1v) is 11.0. The Labute approximate surface area is 160 Å². The molecule has 0 saturated heterocycles. The van der Waals surface area contributed by atoms with Crippen molar-refractivity contribution in [3.8, 4) is 0 Å². The summed E-state index contributed by atoms with van der Waals surface area (Å²) in [6, 6.07) is 12.0. The van der Waals surface area contributed by atoms with Gasteiger partial charge < -0.3 is 5.32 Å². The summed E-state index contributed by atoms with van der Waals surface area (Å²) >= 11 is 0. The molecule has 1 fully saturated rings. The molecule has 142 valence electrons. The molecule has 1 aliphatic heterocycles. The Balaban J connectivity index is 1.61. The molecule has 0 radical (unpaired) electrons. The number of hydrogen-bond acceptors (Lipinski definition) is 3. The van der Waals surface area contributed by atoms with Gasteiger partial charge in [-0.25, -0.2) is 8.42 Å². The number of carbonyl (C=O) groups is 1. The van der Waals surface area contributed by atoms with Gasteiger partial charge in [0, 0.05) is 18.0 Å². The molecule has 1 saturated carbocycles. The van der Waals surface area contributed by atoms with Crippen LogP contribution in [-0.2, 0) is 14.8 Å². The number of benzene rings is 2. The molecule has 2 aliphatic rings. The second-order valence-corrected chi connectivity index (χ2v) is 9.13. The predicted molar refractivity (Wildman–Crippen MR) is 106 cm³/mol. The van der Waals surface area contributed by atoms with Gasteiger partial charge in [-0.2, -0.15) is 4.31 Å². The summed E-state index contributed by atoms with van der Waals surface area (Å²) in [5.41, 5.74) is 0. The minimum Gasteiger partial charge on any atom is -0.352 e. The lowest BCUT2D eigenvalue weighted by molar-refractivity contribution is -0.124. The number of fused-ring (bicyclic) bond motifs is 1. The molecular formula is C21H24N2O3S. The maximum absolute atomic E-state index is 13.4. The summed E-state index contributed by atoms with van der Waals surface area (Å²) < 4.78 is 28.0. The smallest absolute Gasteiger partial charge is 0.244 e. The zero-order valence-electron chi connectivity index (χ0n) is 15.2. The molecule has 2 aromatic rings. The quantitative estimate of drug-likeness (QED) is 0.823. The zero-order chi connectivity index (χ0) is 18.9. The number of sulfonamides is 1. The van der Waals surface area contributed by atoms with Crippen LogP contribution in [0.2, 0.25) is 0 Å². The standard InChI is InChI=1S/C21H24N2O3S/c24-21(22-17-10-2-1-3-11-17)19-13-7-15-23(19)27(25,26)20-14-6-9-16-8-4-5-12-18(16)20/h4-9,12-14,17,19H,1-3,10-11,15H2,(H,22,24)/t19-/m0/s1. The summed E-state index contributed by atoms with van der Waals surface area (Å²) in [5, 5.41) is 4.60. The topological polar surface area (TPSA) is 66.5 Å². The van der Waals surface area contributed by atoms with E-state index in [0.29, 0.717) is 5.39 Å². The molecule has 0 spiro atoms. The summed E-state index contributed by atoms with van der Waals surface area (Å²) in [6.45, 7) is 0.217. The van der Waals surface area contributed by atoms with Crippen LogP contribution >= 0.6 is 0 Å². The second-order valence-electron chi connectivity index (χ2n) is 7.27. The molecule has 1 amide bonds. The minimum atomic E-state index is -3.79. The monoisotopic (exact) mass is 384 g/mol. The third-order valence-electron chi connectivity index (χ3n) is 5.47. The van der Waals surface area contributed by atoms with Gasteiger partial charge >= 0.3 is 0 Å². The first kappa shape index (κ1) is 18.2. The van der Waals surface area contributed by atoms with Crippen LogP contribution in [0.25, 0.3) is 10.8 Å². The van der Waals surface area contributed by atoms with Crippen molar-refractivity contribution in [1.29, 1.82) is 0 Å². The first-order chi connectivity index (χ1) is 13.1. The molecule has 1 atom stereocenters. The summed E-state index contributed by atoms with van der Waals surface area (Å²) in [7, 11) is -3.79. The van der Waals surface area contributed by atoms with E-state index in [1.54, 1.807) is 24.3 Å². The van der Waals surface area contributed by atoms with E-state index >= 15 is 0 Å². The Bertz CT molecular complexity index is 973. The highest BCUT2D eigenvalue weighted by molar-refractivity contribution is 7.89. The summed E-state index contributed by atoms with van der Waals surface area (Å²) in [5.74, 6) is -0.223. The second kappa shape index (κ2) is 7.44. The number of amides is 1. The molecule has 1 aliphatic carbocycles. The fourth-order valence-electron chi connectivity index (χ4n) is 4.05. The molecule has 2 aromatic carbocycles. The Morgan fingerprint density at radius 2 is 1.74 bits per heavy atom. The summed E-state index contributed by atoms with van der Waals surface area (Å²) in [4.78, 5) is 13.0. The largest absolute Gasteiger partial charge is 0.352 e. The number of nitrogens with one attached hydrogen (secondary N) is 1. The van der Waals surface area contributed by atoms with Gasteiger partial charge in [-0.1, -0.05) is 67.8 Å². The summed E-state index contributed by atoms with van der Waals surface area (Å²) in [6.07, 6.45) is 8.83. The van der Waals surface area contributed by atoms with Gasteiger partial charge in [0.2, 0.25) is 15.9 Å². The van der Waals surface area contributed by atoms with Crippen molar-refractivity contribution in [3.05, 3.63) is 54.6 Å². The van der Waals surface area contributed by atoms with Crippen LogP contribution < -0.4 is 5.32 Å². The Hall–Kier alpha value is -2.18. The van der Waals surface area contributed by atoms with Crippen molar-refractivity contribution in [2.75, 3.05) is 6.54 Å². The normalized spacial score (nSPS) is 21.6. The molecule has 27 heavy (non-hydrogen) atoms. The van der Waals surface area contributed by atoms with E-state index in [1.165, 1.54) is 10.7 Å². The number of nitrogens with zero attached hydrogens (tertiary/aromatic N) is 1. The SMILES string of the molecule is O=C(NC1CCCCC1)[C@@H]1C=CCN1S(=O)(=O)c1cccc2ccccc12. The Morgan fingerprint density at radius 3 is 2.56 bits per heavy atom. The van der Waals surface area contributed by atoms with E-state index in [9.17, 15) is 13.2 Å². The van der Waals surface area contributed by atoms with Gasteiger partial charge in [-0.15, -0.1) is 0 Å². The fraction of sp³-hybridized carbons (Fsp3) is 0.381. The van der Waals surface area contributed by atoms with Crippen molar-refractivity contribution < 1.29 is 13.2 Å². The lowest BCUT2D eigenvalue weighted by Gasteiger charge is -2.28. The minimum absolute atomic E-state index is 0.155. The van der Waals surface area contributed by atoms with Crippen LogP contribution in [-0.4, -0.2) is 37.3 Å². The van der Waals surface area contributed by atoms with Gasteiger partial charge in [0.1, 0.15) is 6.04 Å². The van der Waals surface area contributed by atoms with E-state index in [2.05, 4.69) is 5.32 Å². The molecule has 0 bridgehead atoms. The lowest BCUT2D eigenvalue weighted by Crippen LogP contribution is -2.49. The maximum Gasteiger partial charge on any atom is 0.244 e. The number of carbonyl (C=O) groups excluding carboxylic acids is 1. The molecule has 6 heteroatoms. The highest BCUT2D eigenvalue weighted by Gasteiger charge is 2.37.